The first-order chi connectivity index (χ1) is 9.06. The number of carbonyl (C=O) groups excluding carboxylic acids is 1. The fraction of sp³-hybridized carbons (Fsp3) is 0. The van der Waals surface area contributed by atoms with Crippen molar-refractivity contribution >= 4 is 71.2 Å². The third kappa shape index (κ3) is 4.27. The maximum absolute atomic E-state index is 11.7. The average Bonchev–Trinajstić information content (AvgIpc) is 2.84. The summed E-state index contributed by atoms with van der Waals surface area (Å²) in [5.41, 5.74) is 0. The van der Waals surface area contributed by atoms with Gasteiger partial charge < -0.3 is 4.74 Å². The number of esters is 1. The second kappa shape index (κ2) is 6.83. The van der Waals surface area contributed by atoms with Gasteiger partial charge in [-0.3, -0.25) is 0 Å². The second-order valence-corrected chi connectivity index (χ2v) is 7.07. The summed E-state index contributed by atoms with van der Waals surface area (Å²) < 4.78 is 7.58. The van der Waals surface area contributed by atoms with Crippen molar-refractivity contribution in [3.05, 3.63) is 54.0 Å². The Morgan fingerprint density at radius 1 is 1.21 bits per heavy atom. The molecule has 0 saturated heterocycles. The van der Waals surface area contributed by atoms with Gasteiger partial charge in [-0.1, -0.05) is 22.0 Å². The number of ether oxygens (including phenoxy) is 1. The molecule has 98 valence electrons. The van der Waals surface area contributed by atoms with Crippen molar-refractivity contribution in [1.29, 1.82) is 0 Å². The molecule has 0 saturated carbocycles. The normalized spacial score (nSPS) is 10.9. The van der Waals surface area contributed by atoms with Gasteiger partial charge in [-0.05, 0) is 61.5 Å². The largest absolute Gasteiger partial charge is 0.421 e. The highest BCUT2D eigenvalue weighted by molar-refractivity contribution is 9.11. The van der Waals surface area contributed by atoms with E-state index in [-0.39, 0.29) is 0 Å². The smallest absolute Gasteiger partial charge is 0.336 e. The molecule has 0 aliphatic heterocycles. The molecule has 6 heteroatoms. The Balaban J connectivity index is 2.11. The van der Waals surface area contributed by atoms with Crippen LogP contribution in [0.5, 0.6) is 5.75 Å². The van der Waals surface area contributed by atoms with Crippen LogP contribution in [0.25, 0.3) is 6.08 Å². The fourth-order valence-corrected chi connectivity index (χ4v) is 4.34. The molecule has 0 amide bonds. The van der Waals surface area contributed by atoms with Crippen LogP contribution in [0.3, 0.4) is 0 Å². The topological polar surface area (TPSA) is 26.3 Å². The predicted octanol–water partition coefficient (Wildman–Crippen LogP) is 5.65. The van der Waals surface area contributed by atoms with Gasteiger partial charge in [-0.2, -0.15) is 0 Å². The molecule has 0 atom stereocenters. The Morgan fingerprint density at radius 3 is 2.47 bits per heavy atom. The summed E-state index contributed by atoms with van der Waals surface area (Å²) in [4.78, 5) is 12.7. The molecule has 0 aliphatic carbocycles. The third-order valence-corrected chi connectivity index (χ3v) is 4.57. The first kappa shape index (κ1) is 15.0. The Morgan fingerprint density at radius 2 is 1.89 bits per heavy atom. The molecule has 2 aromatic rings. The van der Waals surface area contributed by atoms with Gasteiger partial charge in [0.1, 0.15) is 0 Å². The van der Waals surface area contributed by atoms with E-state index in [0.29, 0.717) is 14.7 Å². The molecule has 0 N–H and O–H groups in total. The maximum Gasteiger partial charge on any atom is 0.336 e. The standard InChI is InChI=1S/C13H7Br3O2S/c14-8-6-10(15)13(11(16)7-8)18-12(17)4-3-9-2-1-5-19-9/h1-7H/b4-3+. The van der Waals surface area contributed by atoms with E-state index in [4.69, 9.17) is 4.74 Å². The van der Waals surface area contributed by atoms with Gasteiger partial charge in [0.25, 0.3) is 0 Å². The molecule has 0 radical (unpaired) electrons. The van der Waals surface area contributed by atoms with Crippen LogP contribution < -0.4 is 4.74 Å². The summed E-state index contributed by atoms with van der Waals surface area (Å²) in [6.45, 7) is 0. The van der Waals surface area contributed by atoms with E-state index in [1.54, 1.807) is 17.4 Å². The van der Waals surface area contributed by atoms with Crippen molar-refractivity contribution in [1.82, 2.24) is 0 Å². The quantitative estimate of drug-likeness (QED) is 0.332. The van der Waals surface area contributed by atoms with Crippen molar-refractivity contribution in [2.75, 3.05) is 0 Å². The minimum atomic E-state index is -0.419. The fourth-order valence-electron chi connectivity index (χ4n) is 1.30. The van der Waals surface area contributed by atoms with Crippen LogP contribution in [0.4, 0.5) is 0 Å². The van der Waals surface area contributed by atoms with E-state index in [1.807, 2.05) is 29.6 Å². The Labute approximate surface area is 139 Å². The van der Waals surface area contributed by atoms with Crippen LogP contribution in [0.1, 0.15) is 4.88 Å². The van der Waals surface area contributed by atoms with Crippen LogP contribution in [0, 0.1) is 0 Å². The summed E-state index contributed by atoms with van der Waals surface area (Å²) >= 11 is 11.6. The SMILES string of the molecule is O=C(/C=C/c1cccs1)Oc1c(Br)cc(Br)cc1Br. The van der Waals surface area contributed by atoms with Crippen LogP contribution in [0.2, 0.25) is 0 Å². The molecule has 1 heterocycles. The number of hydrogen-bond acceptors (Lipinski definition) is 3. The first-order valence-corrected chi connectivity index (χ1v) is 8.40. The molecule has 19 heavy (non-hydrogen) atoms. The van der Waals surface area contributed by atoms with Gasteiger partial charge in [0, 0.05) is 15.4 Å². The van der Waals surface area contributed by atoms with Gasteiger partial charge in [0.2, 0.25) is 0 Å². The van der Waals surface area contributed by atoms with Gasteiger partial charge in [0.15, 0.2) is 5.75 Å². The molecule has 2 nitrogen and oxygen atoms in total. The van der Waals surface area contributed by atoms with E-state index in [9.17, 15) is 4.79 Å². The number of rotatable bonds is 3. The number of halogens is 3. The van der Waals surface area contributed by atoms with Gasteiger partial charge in [0.05, 0.1) is 8.95 Å². The molecule has 0 unspecified atom stereocenters. The Kier molecular flexibility index (Phi) is 5.38. The number of hydrogen-bond donors (Lipinski definition) is 0. The lowest BCUT2D eigenvalue weighted by Gasteiger charge is -2.07. The molecular weight excluding hydrogens is 460 g/mol. The number of benzene rings is 1. The summed E-state index contributed by atoms with van der Waals surface area (Å²) in [5.74, 6) is 0.0427. The van der Waals surface area contributed by atoms with Crippen molar-refractivity contribution in [2.24, 2.45) is 0 Å². The van der Waals surface area contributed by atoms with Gasteiger partial charge >= 0.3 is 5.97 Å². The third-order valence-electron chi connectivity index (χ3n) is 2.09. The lowest BCUT2D eigenvalue weighted by atomic mass is 10.3. The highest BCUT2D eigenvalue weighted by atomic mass is 79.9. The zero-order valence-corrected chi connectivity index (χ0v) is 15.0. The number of carbonyl (C=O) groups is 1. The van der Waals surface area contributed by atoms with E-state index in [2.05, 4.69) is 47.8 Å². The van der Waals surface area contributed by atoms with E-state index >= 15 is 0 Å². The molecule has 0 bridgehead atoms. The Bertz CT molecular complexity index is 598. The zero-order chi connectivity index (χ0) is 13.8. The summed E-state index contributed by atoms with van der Waals surface area (Å²) in [6, 6.07) is 7.49. The minimum Gasteiger partial charge on any atom is -0.421 e. The van der Waals surface area contributed by atoms with Gasteiger partial charge in [-0.15, -0.1) is 11.3 Å². The molecule has 0 fully saturated rings. The van der Waals surface area contributed by atoms with Crippen LogP contribution in [-0.4, -0.2) is 5.97 Å². The second-order valence-electron chi connectivity index (χ2n) is 3.47. The summed E-state index contributed by atoms with van der Waals surface area (Å²) in [7, 11) is 0. The Hall–Kier alpha value is -0.430. The highest BCUT2D eigenvalue weighted by Crippen LogP contribution is 2.36. The molecule has 2 rings (SSSR count). The minimum absolute atomic E-state index is 0.419. The van der Waals surface area contributed by atoms with Crippen molar-refractivity contribution < 1.29 is 9.53 Å². The summed E-state index contributed by atoms with van der Waals surface area (Å²) in [6.07, 6.45) is 3.14. The van der Waals surface area contributed by atoms with E-state index < -0.39 is 5.97 Å². The van der Waals surface area contributed by atoms with Crippen LogP contribution in [0.15, 0.2) is 49.1 Å². The van der Waals surface area contributed by atoms with E-state index in [1.165, 1.54) is 6.08 Å². The van der Waals surface area contributed by atoms with Crippen LogP contribution >= 0.6 is 59.1 Å². The van der Waals surface area contributed by atoms with Crippen LogP contribution in [-0.2, 0) is 4.79 Å². The van der Waals surface area contributed by atoms with E-state index in [0.717, 1.165) is 9.35 Å². The lowest BCUT2D eigenvalue weighted by molar-refractivity contribution is -0.129. The lowest BCUT2D eigenvalue weighted by Crippen LogP contribution is -2.04. The molecular formula is C13H7Br3O2S. The first-order valence-electron chi connectivity index (χ1n) is 5.14. The molecule has 0 spiro atoms. The van der Waals surface area contributed by atoms with Crippen molar-refractivity contribution in [3.8, 4) is 5.75 Å². The van der Waals surface area contributed by atoms with Crippen molar-refractivity contribution in [2.45, 2.75) is 0 Å². The van der Waals surface area contributed by atoms with Gasteiger partial charge in [-0.25, -0.2) is 4.79 Å². The molecule has 1 aromatic heterocycles. The molecule has 1 aromatic carbocycles. The summed E-state index contributed by atoms with van der Waals surface area (Å²) in [5, 5.41) is 1.95. The maximum atomic E-state index is 11.7. The average molecular weight is 467 g/mol. The number of thiophene rings is 1. The zero-order valence-electron chi connectivity index (χ0n) is 9.40. The van der Waals surface area contributed by atoms with Crippen molar-refractivity contribution in [3.63, 3.8) is 0 Å². The predicted molar refractivity (Wildman–Crippen MR) is 88.5 cm³/mol. The molecule has 0 aliphatic rings. The monoisotopic (exact) mass is 464 g/mol. The highest BCUT2D eigenvalue weighted by Gasteiger charge is 2.11.